The fourth-order valence-electron chi connectivity index (χ4n) is 1.13. The van der Waals surface area contributed by atoms with E-state index >= 15 is 0 Å². The van der Waals surface area contributed by atoms with E-state index in [1.807, 2.05) is 20.8 Å². The molecule has 0 unspecified atom stereocenters. The molecule has 0 aliphatic rings. The Balaban J connectivity index is 2.76. The minimum Gasteiger partial charge on any atom is -0.268 e. The number of aromatic nitrogens is 2. The van der Waals surface area contributed by atoms with Gasteiger partial charge in [-0.25, -0.2) is 4.68 Å². The highest BCUT2D eigenvalue weighted by atomic mass is 16.1. The Hall–Kier alpha value is -1.63. The van der Waals surface area contributed by atoms with Crippen LogP contribution in [0.1, 0.15) is 25.8 Å². The molecule has 4 nitrogen and oxygen atoms in total. The van der Waals surface area contributed by atoms with Crippen molar-refractivity contribution in [2.24, 2.45) is 5.41 Å². The van der Waals surface area contributed by atoms with Crippen LogP contribution in [0, 0.1) is 23.7 Å². The van der Waals surface area contributed by atoms with E-state index in [0.29, 0.717) is 13.0 Å². The third-order valence-corrected chi connectivity index (χ3v) is 2.26. The first-order chi connectivity index (χ1) is 6.94. The third kappa shape index (κ3) is 3.21. The second kappa shape index (κ2) is 4.26. The summed E-state index contributed by atoms with van der Waals surface area (Å²) in [6.07, 6.45) is 2.28. The zero-order valence-electron chi connectivity index (χ0n) is 9.32. The van der Waals surface area contributed by atoms with Gasteiger partial charge in [0.25, 0.3) is 5.56 Å². The Kier molecular flexibility index (Phi) is 3.25. The maximum atomic E-state index is 11.5. The minimum atomic E-state index is -0.411. The van der Waals surface area contributed by atoms with E-state index in [2.05, 4.69) is 11.2 Å². The van der Waals surface area contributed by atoms with Crippen LogP contribution < -0.4 is 5.56 Å². The van der Waals surface area contributed by atoms with Gasteiger partial charge in [0, 0.05) is 12.6 Å². The summed E-state index contributed by atoms with van der Waals surface area (Å²) in [6, 6.07) is 3.75. The lowest BCUT2D eigenvalue weighted by Gasteiger charge is -2.14. The van der Waals surface area contributed by atoms with Gasteiger partial charge in [0.2, 0.25) is 0 Å². The first kappa shape index (κ1) is 11.4. The standard InChI is InChI=1S/C11H15N3O/c1-9-6-10(15)14(13-7-9)5-4-11(2,3)8-12/h6-7H,4-5H2,1-3H3. The first-order valence-corrected chi connectivity index (χ1v) is 4.90. The molecule has 0 radical (unpaired) electrons. The summed E-state index contributed by atoms with van der Waals surface area (Å²) in [5, 5.41) is 12.8. The number of rotatable bonds is 3. The van der Waals surface area contributed by atoms with Crippen LogP contribution >= 0.6 is 0 Å². The second-order valence-electron chi connectivity index (χ2n) is 4.34. The van der Waals surface area contributed by atoms with Gasteiger partial charge in [-0.1, -0.05) is 0 Å². The molecule has 0 spiro atoms. The topological polar surface area (TPSA) is 58.7 Å². The highest BCUT2D eigenvalue weighted by Crippen LogP contribution is 2.18. The lowest BCUT2D eigenvalue weighted by atomic mass is 9.92. The van der Waals surface area contributed by atoms with E-state index in [1.165, 1.54) is 4.68 Å². The largest absolute Gasteiger partial charge is 0.268 e. The summed E-state index contributed by atoms with van der Waals surface area (Å²) in [6.45, 7) is 6.02. The average molecular weight is 205 g/mol. The molecule has 1 aromatic heterocycles. The van der Waals surface area contributed by atoms with E-state index in [4.69, 9.17) is 5.26 Å². The Morgan fingerprint density at radius 3 is 2.80 bits per heavy atom. The quantitative estimate of drug-likeness (QED) is 0.751. The fraction of sp³-hybridized carbons (Fsp3) is 0.545. The molecule has 0 aliphatic carbocycles. The van der Waals surface area contributed by atoms with Crippen LogP contribution in [-0.2, 0) is 6.54 Å². The van der Waals surface area contributed by atoms with E-state index in [-0.39, 0.29) is 5.56 Å². The van der Waals surface area contributed by atoms with Gasteiger partial charge in [0.15, 0.2) is 0 Å². The molecule has 1 aromatic rings. The number of hydrogen-bond acceptors (Lipinski definition) is 3. The van der Waals surface area contributed by atoms with E-state index < -0.39 is 5.41 Å². The number of nitrogens with zero attached hydrogens (tertiary/aromatic N) is 3. The molecule has 0 saturated heterocycles. The predicted molar refractivity (Wildman–Crippen MR) is 57.2 cm³/mol. The molecular weight excluding hydrogens is 190 g/mol. The van der Waals surface area contributed by atoms with E-state index in [1.54, 1.807) is 12.3 Å². The molecule has 0 atom stereocenters. The Labute approximate surface area is 89.2 Å². The molecule has 1 heterocycles. The van der Waals surface area contributed by atoms with Crippen molar-refractivity contribution < 1.29 is 0 Å². The van der Waals surface area contributed by atoms with Gasteiger partial charge in [-0.05, 0) is 32.8 Å². The summed E-state index contributed by atoms with van der Waals surface area (Å²) in [5.41, 5.74) is 0.339. The van der Waals surface area contributed by atoms with Gasteiger partial charge >= 0.3 is 0 Å². The smallest absolute Gasteiger partial charge is 0.266 e. The third-order valence-electron chi connectivity index (χ3n) is 2.26. The SMILES string of the molecule is Cc1cnn(CCC(C)(C)C#N)c(=O)c1. The van der Waals surface area contributed by atoms with E-state index in [0.717, 1.165) is 5.56 Å². The summed E-state index contributed by atoms with van der Waals surface area (Å²) in [5.74, 6) is 0. The molecule has 15 heavy (non-hydrogen) atoms. The molecule has 0 fully saturated rings. The molecule has 1 rings (SSSR count). The minimum absolute atomic E-state index is 0.108. The Morgan fingerprint density at radius 1 is 1.60 bits per heavy atom. The predicted octanol–water partition coefficient (Wildman–Crippen LogP) is 1.49. The summed E-state index contributed by atoms with van der Waals surface area (Å²) >= 11 is 0. The molecule has 4 heteroatoms. The molecule has 0 N–H and O–H groups in total. The van der Waals surface area contributed by atoms with Crippen LogP contribution in [-0.4, -0.2) is 9.78 Å². The lowest BCUT2D eigenvalue weighted by molar-refractivity contribution is 0.391. The summed E-state index contributed by atoms with van der Waals surface area (Å²) in [4.78, 5) is 11.5. The molecule has 80 valence electrons. The highest BCUT2D eigenvalue weighted by Gasteiger charge is 2.16. The van der Waals surface area contributed by atoms with Crippen molar-refractivity contribution in [3.63, 3.8) is 0 Å². The number of aryl methyl sites for hydroxylation is 2. The summed E-state index contributed by atoms with van der Waals surface area (Å²) in [7, 11) is 0. The van der Waals surface area contributed by atoms with Gasteiger partial charge < -0.3 is 0 Å². The maximum absolute atomic E-state index is 11.5. The van der Waals surface area contributed by atoms with E-state index in [9.17, 15) is 4.79 Å². The van der Waals surface area contributed by atoms with Crippen LogP contribution in [0.4, 0.5) is 0 Å². The first-order valence-electron chi connectivity index (χ1n) is 4.90. The van der Waals surface area contributed by atoms with Gasteiger partial charge in [-0.2, -0.15) is 10.4 Å². The van der Waals surface area contributed by atoms with Crippen LogP contribution in [0.5, 0.6) is 0 Å². The Morgan fingerprint density at radius 2 is 2.27 bits per heavy atom. The molecular formula is C11H15N3O. The molecule has 0 amide bonds. The Bertz CT molecular complexity index is 440. The van der Waals surface area contributed by atoms with Crippen molar-refractivity contribution in [3.05, 3.63) is 28.2 Å². The van der Waals surface area contributed by atoms with Crippen molar-refractivity contribution in [3.8, 4) is 6.07 Å². The van der Waals surface area contributed by atoms with Crippen LogP contribution in [0.3, 0.4) is 0 Å². The van der Waals surface area contributed by atoms with Crippen LogP contribution in [0.15, 0.2) is 17.1 Å². The fourth-order valence-corrected chi connectivity index (χ4v) is 1.13. The highest BCUT2D eigenvalue weighted by molar-refractivity contribution is 5.02. The van der Waals surface area contributed by atoms with Gasteiger partial charge in [0.05, 0.1) is 17.7 Å². The van der Waals surface area contributed by atoms with Crippen molar-refractivity contribution in [2.75, 3.05) is 0 Å². The molecule has 0 aromatic carbocycles. The maximum Gasteiger partial charge on any atom is 0.266 e. The van der Waals surface area contributed by atoms with Gasteiger partial charge in [0.1, 0.15) is 0 Å². The van der Waals surface area contributed by atoms with Gasteiger partial charge in [-0.3, -0.25) is 4.79 Å². The van der Waals surface area contributed by atoms with Crippen molar-refractivity contribution >= 4 is 0 Å². The zero-order valence-corrected chi connectivity index (χ0v) is 9.32. The molecule has 0 saturated carbocycles. The second-order valence-corrected chi connectivity index (χ2v) is 4.34. The van der Waals surface area contributed by atoms with Crippen molar-refractivity contribution in [1.29, 1.82) is 5.26 Å². The average Bonchev–Trinajstić information content (AvgIpc) is 2.16. The molecule has 0 bridgehead atoms. The lowest BCUT2D eigenvalue weighted by Crippen LogP contribution is -2.24. The monoisotopic (exact) mass is 205 g/mol. The van der Waals surface area contributed by atoms with Crippen molar-refractivity contribution in [1.82, 2.24) is 9.78 Å². The molecule has 0 aliphatic heterocycles. The van der Waals surface area contributed by atoms with Gasteiger partial charge in [-0.15, -0.1) is 0 Å². The van der Waals surface area contributed by atoms with Crippen molar-refractivity contribution in [2.45, 2.75) is 33.7 Å². The van der Waals surface area contributed by atoms with Crippen LogP contribution in [0.25, 0.3) is 0 Å². The van der Waals surface area contributed by atoms with Crippen LogP contribution in [0.2, 0.25) is 0 Å². The summed E-state index contributed by atoms with van der Waals surface area (Å²) < 4.78 is 1.39. The number of nitriles is 1. The number of hydrogen-bond donors (Lipinski definition) is 0. The normalized spacial score (nSPS) is 11.1. The zero-order chi connectivity index (χ0) is 11.5.